The number of hydrogen-bond donors (Lipinski definition) is 2. The van der Waals surface area contributed by atoms with Gasteiger partial charge in [-0.3, -0.25) is 0 Å². The molecule has 1 aliphatic carbocycles. The molecule has 3 N–H and O–H groups in total. The van der Waals surface area contributed by atoms with Crippen molar-refractivity contribution in [1.82, 2.24) is 9.97 Å². The van der Waals surface area contributed by atoms with Crippen LogP contribution in [-0.2, 0) is 12.8 Å². The van der Waals surface area contributed by atoms with Crippen molar-refractivity contribution in [3.05, 3.63) is 17.6 Å². The second-order valence-electron chi connectivity index (χ2n) is 4.83. The molecule has 1 unspecified atom stereocenters. The lowest BCUT2D eigenvalue weighted by Crippen LogP contribution is -2.20. The summed E-state index contributed by atoms with van der Waals surface area (Å²) in [6, 6.07) is 0.430. The summed E-state index contributed by atoms with van der Waals surface area (Å²) >= 11 is 0. The number of nitrogens with one attached hydrogen (secondary N) is 1. The molecule has 1 aromatic rings. The standard InChI is InChI=1S/C13H22N4/c1-10(5-4-8-14)17-13-11-6-2-3-7-12(11)15-9-16-13/h9-10H,2-8,14H2,1H3,(H,15,16,17). The van der Waals surface area contributed by atoms with Crippen molar-refractivity contribution in [2.24, 2.45) is 5.73 Å². The third kappa shape index (κ3) is 3.16. The van der Waals surface area contributed by atoms with Gasteiger partial charge in [0.1, 0.15) is 12.1 Å². The van der Waals surface area contributed by atoms with Gasteiger partial charge < -0.3 is 11.1 Å². The fourth-order valence-corrected chi connectivity index (χ4v) is 2.38. The van der Waals surface area contributed by atoms with Crippen molar-refractivity contribution in [1.29, 1.82) is 0 Å². The Labute approximate surface area is 103 Å². The number of aryl methyl sites for hydroxylation is 1. The van der Waals surface area contributed by atoms with Gasteiger partial charge in [0.25, 0.3) is 0 Å². The van der Waals surface area contributed by atoms with Gasteiger partial charge in [0.15, 0.2) is 0 Å². The summed E-state index contributed by atoms with van der Waals surface area (Å²) in [5.41, 5.74) is 8.10. The maximum atomic E-state index is 5.53. The Hall–Kier alpha value is -1.16. The van der Waals surface area contributed by atoms with Gasteiger partial charge in [0.2, 0.25) is 0 Å². The fraction of sp³-hybridized carbons (Fsp3) is 0.692. The van der Waals surface area contributed by atoms with E-state index in [1.807, 2.05) is 0 Å². The van der Waals surface area contributed by atoms with Gasteiger partial charge in [0, 0.05) is 17.3 Å². The summed E-state index contributed by atoms with van der Waals surface area (Å²) < 4.78 is 0. The number of anilines is 1. The van der Waals surface area contributed by atoms with Crippen molar-refractivity contribution in [2.75, 3.05) is 11.9 Å². The molecule has 0 bridgehead atoms. The number of aromatic nitrogens is 2. The van der Waals surface area contributed by atoms with Crippen LogP contribution in [0.3, 0.4) is 0 Å². The van der Waals surface area contributed by atoms with Crippen molar-refractivity contribution in [2.45, 2.75) is 51.5 Å². The minimum Gasteiger partial charge on any atom is -0.367 e. The van der Waals surface area contributed by atoms with E-state index in [1.54, 1.807) is 6.33 Å². The van der Waals surface area contributed by atoms with E-state index in [0.717, 1.165) is 38.0 Å². The third-order valence-electron chi connectivity index (χ3n) is 3.35. The van der Waals surface area contributed by atoms with E-state index in [0.29, 0.717) is 6.04 Å². The molecule has 1 atom stereocenters. The van der Waals surface area contributed by atoms with Gasteiger partial charge in [-0.1, -0.05) is 0 Å². The molecule has 0 spiro atoms. The van der Waals surface area contributed by atoms with Crippen LogP contribution >= 0.6 is 0 Å². The average Bonchev–Trinajstić information content (AvgIpc) is 2.37. The van der Waals surface area contributed by atoms with Crippen LogP contribution in [0, 0.1) is 0 Å². The zero-order valence-electron chi connectivity index (χ0n) is 10.6. The van der Waals surface area contributed by atoms with Crippen LogP contribution in [0.5, 0.6) is 0 Å². The molecule has 0 aromatic carbocycles. The SMILES string of the molecule is CC(CCCN)Nc1ncnc2c1CCCC2. The largest absolute Gasteiger partial charge is 0.367 e. The lowest BCUT2D eigenvalue weighted by molar-refractivity contribution is 0.643. The van der Waals surface area contributed by atoms with E-state index in [2.05, 4.69) is 22.2 Å². The molecule has 0 saturated carbocycles. The summed E-state index contributed by atoms with van der Waals surface area (Å²) in [5.74, 6) is 1.04. The van der Waals surface area contributed by atoms with Crippen molar-refractivity contribution in [3.63, 3.8) is 0 Å². The van der Waals surface area contributed by atoms with Crippen LogP contribution in [0.1, 0.15) is 43.9 Å². The Kier molecular flexibility index (Phi) is 4.31. The van der Waals surface area contributed by atoms with E-state index in [4.69, 9.17) is 5.73 Å². The molecule has 1 aliphatic rings. The fourth-order valence-electron chi connectivity index (χ4n) is 2.38. The molecule has 4 nitrogen and oxygen atoms in total. The molecule has 0 aliphatic heterocycles. The molecule has 0 amide bonds. The molecule has 1 aromatic heterocycles. The lowest BCUT2D eigenvalue weighted by Gasteiger charge is -2.21. The first kappa shape index (κ1) is 12.3. The second kappa shape index (κ2) is 5.96. The minimum atomic E-state index is 0.430. The number of nitrogens with zero attached hydrogens (tertiary/aromatic N) is 2. The summed E-state index contributed by atoms with van der Waals surface area (Å²) in [6.45, 7) is 2.95. The molecule has 0 fully saturated rings. The number of nitrogens with two attached hydrogens (primary N) is 1. The van der Waals surface area contributed by atoms with Gasteiger partial charge in [-0.15, -0.1) is 0 Å². The Bertz CT molecular complexity index is 364. The summed E-state index contributed by atoms with van der Waals surface area (Å²) in [7, 11) is 0. The van der Waals surface area contributed by atoms with Crippen molar-refractivity contribution in [3.8, 4) is 0 Å². The van der Waals surface area contributed by atoms with Gasteiger partial charge >= 0.3 is 0 Å². The van der Waals surface area contributed by atoms with E-state index in [9.17, 15) is 0 Å². The first-order valence-corrected chi connectivity index (χ1v) is 6.60. The normalized spacial score (nSPS) is 16.4. The first-order chi connectivity index (χ1) is 8.31. The molecular weight excluding hydrogens is 212 g/mol. The Morgan fingerprint density at radius 1 is 1.35 bits per heavy atom. The topological polar surface area (TPSA) is 63.8 Å². The molecule has 1 heterocycles. The molecular formula is C13H22N4. The Balaban J connectivity index is 2.05. The highest BCUT2D eigenvalue weighted by atomic mass is 15.0. The monoisotopic (exact) mass is 234 g/mol. The Morgan fingerprint density at radius 2 is 2.18 bits per heavy atom. The maximum absolute atomic E-state index is 5.53. The summed E-state index contributed by atoms with van der Waals surface area (Å²) in [4.78, 5) is 8.76. The average molecular weight is 234 g/mol. The smallest absolute Gasteiger partial charge is 0.133 e. The lowest BCUT2D eigenvalue weighted by atomic mass is 9.96. The molecule has 94 valence electrons. The van der Waals surface area contributed by atoms with Gasteiger partial charge in [-0.05, 0) is 52.0 Å². The van der Waals surface area contributed by atoms with Gasteiger partial charge in [0.05, 0.1) is 0 Å². The summed E-state index contributed by atoms with van der Waals surface area (Å²) in [6.07, 6.45) is 8.56. The highest BCUT2D eigenvalue weighted by molar-refractivity contribution is 5.47. The molecule has 17 heavy (non-hydrogen) atoms. The third-order valence-corrected chi connectivity index (χ3v) is 3.35. The zero-order chi connectivity index (χ0) is 12.1. The van der Waals surface area contributed by atoms with E-state index >= 15 is 0 Å². The van der Waals surface area contributed by atoms with Crippen LogP contribution in [-0.4, -0.2) is 22.6 Å². The van der Waals surface area contributed by atoms with Crippen molar-refractivity contribution >= 4 is 5.82 Å². The zero-order valence-corrected chi connectivity index (χ0v) is 10.6. The maximum Gasteiger partial charge on any atom is 0.133 e. The minimum absolute atomic E-state index is 0.430. The van der Waals surface area contributed by atoms with Crippen LogP contribution in [0.4, 0.5) is 5.82 Å². The second-order valence-corrected chi connectivity index (χ2v) is 4.83. The molecule has 4 heteroatoms. The Morgan fingerprint density at radius 3 is 3.00 bits per heavy atom. The van der Waals surface area contributed by atoms with Crippen LogP contribution in [0.25, 0.3) is 0 Å². The van der Waals surface area contributed by atoms with Crippen LogP contribution in [0.15, 0.2) is 6.33 Å². The van der Waals surface area contributed by atoms with Gasteiger partial charge in [-0.2, -0.15) is 0 Å². The first-order valence-electron chi connectivity index (χ1n) is 6.60. The predicted octanol–water partition coefficient (Wildman–Crippen LogP) is 1.89. The van der Waals surface area contributed by atoms with Crippen LogP contribution < -0.4 is 11.1 Å². The quantitative estimate of drug-likeness (QED) is 0.816. The number of hydrogen-bond acceptors (Lipinski definition) is 4. The molecule has 0 radical (unpaired) electrons. The van der Waals surface area contributed by atoms with E-state index in [-0.39, 0.29) is 0 Å². The molecule has 2 rings (SSSR count). The van der Waals surface area contributed by atoms with Crippen LogP contribution in [0.2, 0.25) is 0 Å². The van der Waals surface area contributed by atoms with Gasteiger partial charge in [-0.25, -0.2) is 9.97 Å². The number of fused-ring (bicyclic) bond motifs is 1. The van der Waals surface area contributed by atoms with E-state index in [1.165, 1.54) is 24.1 Å². The highest BCUT2D eigenvalue weighted by Gasteiger charge is 2.16. The van der Waals surface area contributed by atoms with Crippen molar-refractivity contribution < 1.29 is 0 Å². The summed E-state index contributed by atoms with van der Waals surface area (Å²) in [5, 5.41) is 3.50. The number of rotatable bonds is 5. The predicted molar refractivity (Wildman–Crippen MR) is 70.0 cm³/mol. The molecule has 0 saturated heterocycles. The van der Waals surface area contributed by atoms with E-state index < -0.39 is 0 Å². The highest BCUT2D eigenvalue weighted by Crippen LogP contribution is 2.24.